The summed E-state index contributed by atoms with van der Waals surface area (Å²) in [5.74, 6) is 1.20. The SMILES string of the molecule is Cl.O=C(CCc1nc(-c2cccs2)no1)NC1CC2CCC(C1)N2. The Morgan fingerprint density at radius 2 is 2.17 bits per heavy atom. The van der Waals surface area contributed by atoms with E-state index >= 15 is 0 Å². The molecule has 0 radical (unpaired) electrons. The van der Waals surface area contributed by atoms with Crippen LogP contribution in [0.25, 0.3) is 10.7 Å². The van der Waals surface area contributed by atoms with E-state index in [0.717, 1.165) is 17.7 Å². The fourth-order valence-corrected chi connectivity index (χ4v) is 4.21. The molecule has 2 unspecified atom stereocenters. The third-order valence-electron chi connectivity index (χ3n) is 4.61. The second kappa shape index (κ2) is 7.63. The van der Waals surface area contributed by atoms with Crippen LogP contribution in [0.1, 0.15) is 38.0 Å². The number of amides is 1. The van der Waals surface area contributed by atoms with Crippen LogP contribution in [0.3, 0.4) is 0 Å². The van der Waals surface area contributed by atoms with Gasteiger partial charge in [0.25, 0.3) is 0 Å². The van der Waals surface area contributed by atoms with Crippen LogP contribution < -0.4 is 10.6 Å². The highest BCUT2D eigenvalue weighted by Gasteiger charge is 2.33. The van der Waals surface area contributed by atoms with E-state index in [1.165, 1.54) is 12.8 Å². The van der Waals surface area contributed by atoms with Gasteiger partial charge < -0.3 is 15.2 Å². The topological polar surface area (TPSA) is 80.0 Å². The number of fused-ring (bicyclic) bond motifs is 2. The molecule has 2 N–H and O–H groups in total. The molecule has 2 fully saturated rings. The van der Waals surface area contributed by atoms with Gasteiger partial charge in [-0.1, -0.05) is 11.2 Å². The second-order valence-corrected chi connectivity index (χ2v) is 7.31. The van der Waals surface area contributed by atoms with Crippen LogP contribution >= 0.6 is 23.7 Å². The van der Waals surface area contributed by atoms with E-state index in [4.69, 9.17) is 4.52 Å². The fraction of sp³-hybridized carbons (Fsp3) is 0.562. The van der Waals surface area contributed by atoms with Crippen LogP contribution in [-0.2, 0) is 11.2 Å². The second-order valence-electron chi connectivity index (χ2n) is 6.36. The third kappa shape index (κ3) is 3.96. The van der Waals surface area contributed by atoms with Crippen LogP contribution in [0.2, 0.25) is 0 Å². The van der Waals surface area contributed by atoms with Gasteiger partial charge >= 0.3 is 0 Å². The molecule has 0 aliphatic carbocycles. The lowest BCUT2D eigenvalue weighted by Gasteiger charge is -2.29. The molecule has 2 saturated heterocycles. The average Bonchev–Trinajstić information content (AvgIpc) is 3.26. The highest BCUT2D eigenvalue weighted by molar-refractivity contribution is 7.13. The third-order valence-corrected chi connectivity index (χ3v) is 5.48. The summed E-state index contributed by atoms with van der Waals surface area (Å²) in [7, 11) is 0. The summed E-state index contributed by atoms with van der Waals surface area (Å²) >= 11 is 1.57. The minimum atomic E-state index is 0. The first-order valence-electron chi connectivity index (χ1n) is 8.18. The van der Waals surface area contributed by atoms with Crippen molar-refractivity contribution in [1.29, 1.82) is 0 Å². The monoisotopic (exact) mass is 368 g/mol. The Morgan fingerprint density at radius 1 is 1.38 bits per heavy atom. The van der Waals surface area contributed by atoms with Gasteiger partial charge in [-0.3, -0.25) is 4.79 Å². The highest BCUT2D eigenvalue weighted by atomic mass is 35.5. The predicted octanol–water partition coefficient (Wildman–Crippen LogP) is 2.55. The molecule has 8 heteroatoms. The van der Waals surface area contributed by atoms with Crippen LogP contribution in [0, 0.1) is 0 Å². The van der Waals surface area contributed by atoms with Gasteiger partial charge in [0.05, 0.1) is 4.88 Å². The van der Waals surface area contributed by atoms with Crippen LogP contribution in [0.5, 0.6) is 0 Å². The number of hydrogen-bond donors (Lipinski definition) is 2. The van der Waals surface area contributed by atoms with Crippen molar-refractivity contribution in [2.45, 2.75) is 56.7 Å². The number of rotatable bonds is 5. The number of nitrogens with zero attached hydrogens (tertiary/aromatic N) is 2. The standard InChI is InChI=1S/C16H20N4O2S.ClH/c21-14(18-12-8-10-3-4-11(9-12)17-10)5-6-15-19-16(20-22-15)13-2-1-7-23-13;/h1-2,7,10-12,17H,3-6,8-9H2,(H,18,21);1H. The smallest absolute Gasteiger partial charge is 0.227 e. The Bertz CT molecular complexity index is 663. The predicted molar refractivity (Wildman–Crippen MR) is 94.3 cm³/mol. The van der Waals surface area contributed by atoms with Gasteiger partial charge in [0, 0.05) is 31.0 Å². The van der Waals surface area contributed by atoms with E-state index < -0.39 is 0 Å². The Kier molecular flexibility index (Phi) is 5.53. The number of thiophene rings is 1. The summed E-state index contributed by atoms with van der Waals surface area (Å²) in [6.45, 7) is 0. The van der Waals surface area contributed by atoms with Crippen molar-refractivity contribution in [2.24, 2.45) is 0 Å². The molecule has 2 atom stereocenters. The van der Waals surface area contributed by atoms with Crippen molar-refractivity contribution in [3.8, 4) is 10.7 Å². The molecule has 4 heterocycles. The van der Waals surface area contributed by atoms with E-state index in [-0.39, 0.29) is 18.3 Å². The molecule has 1 amide bonds. The van der Waals surface area contributed by atoms with Gasteiger partial charge in [-0.2, -0.15) is 4.98 Å². The maximum Gasteiger partial charge on any atom is 0.227 e. The van der Waals surface area contributed by atoms with Crippen LogP contribution in [0.15, 0.2) is 22.0 Å². The van der Waals surface area contributed by atoms with E-state index in [1.807, 2.05) is 17.5 Å². The first-order valence-corrected chi connectivity index (χ1v) is 9.06. The van der Waals surface area contributed by atoms with E-state index in [0.29, 0.717) is 42.7 Å². The Labute approximate surface area is 150 Å². The minimum Gasteiger partial charge on any atom is -0.353 e. The Balaban J connectivity index is 0.00000169. The summed E-state index contributed by atoms with van der Waals surface area (Å²) in [5.41, 5.74) is 0. The summed E-state index contributed by atoms with van der Waals surface area (Å²) in [6.07, 6.45) is 5.46. The highest BCUT2D eigenvalue weighted by Crippen LogP contribution is 2.27. The zero-order valence-corrected chi connectivity index (χ0v) is 14.9. The van der Waals surface area contributed by atoms with Crippen LogP contribution in [0.4, 0.5) is 0 Å². The maximum atomic E-state index is 12.1. The maximum absolute atomic E-state index is 12.1. The molecule has 2 bridgehead atoms. The van der Waals surface area contributed by atoms with Crippen molar-refractivity contribution >= 4 is 29.7 Å². The minimum absolute atomic E-state index is 0. The van der Waals surface area contributed by atoms with Gasteiger partial charge in [0.1, 0.15) is 0 Å². The first kappa shape index (κ1) is 17.4. The molecule has 4 rings (SSSR count). The molecule has 2 aromatic heterocycles. The molecule has 2 aromatic rings. The lowest BCUT2D eigenvalue weighted by Crippen LogP contribution is -2.48. The van der Waals surface area contributed by atoms with Gasteiger partial charge in [-0.25, -0.2) is 0 Å². The Morgan fingerprint density at radius 3 is 2.88 bits per heavy atom. The van der Waals surface area contributed by atoms with Crippen molar-refractivity contribution in [3.63, 3.8) is 0 Å². The number of carbonyl (C=O) groups excluding carboxylic acids is 1. The quantitative estimate of drug-likeness (QED) is 0.847. The lowest BCUT2D eigenvalue weighted by atomic mass is 9.99. The van der Waals surface area contributed by atoms with Crippen molar-refractivity contribution in [1.82, 2.24) is 20.8 Å². The number of nitrogens with one attached hydrogen (secondary N) is 2. The van der Waals surface area contributed by atoms with E-state index in [2.05, 4.69) is 20.8 Å². The number of piperidine rings is 1. The summed E-state index contributed by atoms with van der Waals surface area (Å²) in [6, 6.07) is 5.39. The zero-order chi connectivity index (χ0) is 15.6. The van der Waals surface area contributed by atoms with E-state index in [1.54, 1.807) is 11.3 Å². The van der Waals surface area contributed by atoms with Crippen molar-refractivity contribution in [3.05, 3.63) is 23.4 Å². The Hall–Kier alpha value is -1.44. The number of carbonyl (C=O) groups is 1. The summed E-state index contributed by atoms with van der Waals surface area (Å²) < 4.78 is 5.23. The molecule has 24 heavy (non-hydrogen) atoms. The number of hydrogen-bond acceptors (Lipinski definition) is 6. The van der Waals surface area contributed by atoms with Gasteiger partial charge in [0.15, 0.2) is 0 Å². The van der Waals surface area contributed by atoms with Crippen molar-refractivity contribution in [2.75, 3.05) is 0 Å². The van der Waals surface area contributed by atoms with Crippen LogP contribution in [-0.4, -0.2) is 34.2 Å². The molecular formula is C16H21ClN4O2S. The average molecular weight is 369 g/mol. The number of aromatic nitrogens is 2. The molecule has 2 aliphatic heterocycles. The van der Waals surface area contributed by atoms with Gasteiger partial charge in [0.2, 0.25) is 17.6 Å². The van der Waals surface area contributed by atoms with Gasteiger partial charge in [-0.05, 0) is 37.1 Å². The summed E-state index contributed by atoms with van der Waals surface area (Å²) in [5, 5.41) is 12.7. The molecule has 0 spiro atoms. The number of halogens is 1. The lowest BCUT2D eigenvalue weighted by molar-refractivity contribution is -0.122. The molecular weight excluding hydrogens is 348 g/mol. The molecule has 0 aromatic carbocycles. The largest absolute Gasteiger partial charge is 0.353 e. The zero-order valence-electron chi connectivity index (χ0n) is 13.2. The molecule has 130 valence electrons. The first-order chi connectivity index (χ1) is 11.3. The number of aryl methyl sites for hydroxylation is 1. The molecule has 6 nitrogen and oxygen atoms in total. The van der Waals surface area contributed by atoms with Crippen molar-refractivity contribution < 1.29 is 9.32 Å². The summed E-state index contributed by atoms with van der Waals surface area (Å²) in [4.78, 5) is 17.5. The normalized spacial score (nSPS) is 25.2. The van der Waals surface area contributed by atoms with Gasteiger partial charge in [-0.15, -0.1) is 23.7 Å². The molecule has 2 aliphatic rings. The fourth-order valence-electron chi connectivity index (χ4n) is 3.56. The van der Waals surface area contributed by atoms with E-state index in [9.17, 15) is 4.79 Å². The molecule has 0 saturated carbocycles.